The summed E-state index contributed by atoms with van der Waals surface area (Å²) in [5.41, 5.74) is 0.363. The van der Waals surface area contributed by atoms with Crippen LogP contribution in [0.4, 0.5) is 0 Å². The van der Waals surface area contributed by atoms with Crippen LogP contribution in [0, 0.1) is 28.6 Å². The molecule has 158 valence electrons. The molecule has 2 aliphatic carbocycles. The van der Waals surface area contributed by atoms with Crippen LogP contribution >= 0.6 is 0 Å². The Morgan fingerprint density at radius 3 is 2.37 bits per heavy atom. The van der Waals surface area contributed by atoms with Crippen molar-refractivity contribution in [3.63, 3.8) is 0 Å². The van der Waals surface area contributed by atoms with Gasteiger partial charge in [-0.25, -0.2) is 0 Å². The summed E-state index contributed by atoms with van der Waals surface area (Å²) in [5, 5.41) is 11.5. The van der Waals surface area contributed by atoms with E-state index in [2.05, 4.69) is 53.1 Å². The van der Waals surface area contributed by atoms with Gasteiger partial charge in [-0.3, -0.25) is 0 Å². The molecular formula is C25H47NO. The summed E-state index contributed by atoms with van der Waals surface area (Å²) < 4.78 is 0. The third-order valence-electron chi connectivity index (χ3n) is 8.69. The van der Waals surface area contributed by atoms with Gasteiger partial charge in [0.25, 0.3) is 0 Å². The highest BCUT2D eigenvalue weighted by Gasteiger charge is 2.62. The summed E-state index contributed by atoms with van der Waals surface area (Å²) in [6.45, 7) is 17.0. The van der Waals surface area contributed by atoms with Gasteiger partial charge < -0.3 is 10.0 Å². The topological polar surface area (TPSA) is 23.5 Å². The average molecular weight is 378 g/mol. The average Bonchev–Trinajstić information content (AvgIpc) is 2.88. The molecule has 2 rings (SSSR count). The quantitative estimate of drug-likeness (QED) is 0.357. The van der Waals surface area contributed by atoms with Crippen LogP contribution in [0.2, 0.25) is 0 Å². The zero-order valence-corrected chi connectivity index (χ0v) is 19.1. The number of aliphatic hydroxyl groups is 1. The van der Waals surface area contributed by atoms with E-state index in [0.717, 1.165) is 43.6 Å². The first-order chi connectivity index (χ1) is 12.7. The van der Waals surface area contributed by atoms with E-state index >= 15 is 0 Å². The van der Waals surface area contributed by atoms with E-state index in [9.17, 15) is 5.11 Å². The van der Waals surface area contributed by atoms with Crippen molar-refractivity contribution in [3.8, 4) is 0 Å². The van der Waals surface area contributed by atoms with Crippen LogP contribution in [0.1, 0.15) is 92.4 Å². The Labute approximate surface area is 169 Å². The zero-order chi connectivity index (χ0) is 20.2. The van der Waals surface area contributed by atoms with Crippen molar-refractivity contribution >= 4 is 0 Å². The van der Waals surface area contributed by atoms with Crippen LogP contribution in [0.3, 0.4) is 0 Å². The van der Waals surface area contributed by atoms with E-state index in [1.165, 1.54) is 38.5 Å². The van der Waals surface area contributed by atoms with Gasteiger partial charge in [0.1, 0.15) is 0 Å². The van der Waals surface area contributed by atoms with Crippen LogP contribution in [-0.2, 0) is 0 Å². The minimum atomic E-state index is -0.196. The Kier molecular flexibility index (Phi) is 8.02. The van der Waals surface area contributed by atoms with Gasteiger partial charge >= 0.3 is 0 Å². The molecule has 0 bridgehead atoms. The fraction of sp³-hybridized carbons (Fsp3) is 0.920. The molecule has 0 heterocycles. The van der Waals surface area contributed by atoms with Gasteiger partial charge in [0.15, 0.2) is 0 Å². The van der Waals surface area contributed by atoms with Crippen LogP contribution in [0.5, 0.6) is 0 Å². The van der Waals surface area contributed by atoms with Crippen molar-refractivity contribution in [1.29, 1.82) is 0 Å². The zero-order valence-electron chi connectivity index (χ0n) is 19.1. The van der Waals surface area contributed by atoms with Gasteiger partial charge in [-0.2, -0.15) is 0 Å². The number of fused-ring (bicyclic) bond motifs is 1. The van der Waals surface area contributed by atoms with Crippen molar-refractivity contribution in [3.05, 3.63) is 12.7 Å². The Balaban J connectivity index is 2.04. The smallest absolute Gasteiger partial charge is 0.0754 e. The van der Waals surface area contributed by atoms with Crippen molar-refractivity contribution in [2.75, 3.05) is 13.6 Å². The van der Waals surface area contributed by atoms with Crippen LogP contribution in [0.15, 0.2) is 12.7 Å². The molecule has 2 heteroatoms. The first kappa shape index (κ1) is 22.9. The molecule has 27 heavy (non-hydrogen) atoms. The molecule has 2 aliphatic rings. The van der Waals surface area contributed by atoms with Crippen LogP contribution in [-0.4, -0.2) is 35.7 Å². The SMILES string of the molecule is C=CCCCN(C)[C@H]1CC[C@]2(C)[C@@H]([C@H](C)CCCC(C)C)CC[C@@]2(C)[C@H]1O. The van der Waals surface area contributed by atoms with Crippen LogP contribution in [0.25, 0.3) is 0 Å². The predicted molar refractivity (Wildman–Crippen MR) is 118 cm³/mol. The first-order valence-corrected chi connectivity index (χ1v) is 11.7. The summed E-state index contributed by atoms with van der Waals surface area (Å²) in [6.07, 6.45) is 13.0. The largest absolute Gasteiger partial charge is 0.391 e. The lowest BCUT2D eigenvalue weighted by Gasteiger charge is -2.56. The van der Waals surface area contributed by atoms with Crippen molar-refractivity contribution < 1.29 is 5.11 Å². The molecule has 0 radical (unpaired) electrons. The van der Waals surface area contributed by atoms with Gasteiger partial charge in [0.05, 0.1) is 6.10 Å². The minimum absolute atomic E-state index is 0.0690. The third kappa shape index (κ3) is 4.64. The van der Waals surface area contributed by atoms with E-state index in [0.29, 0.717) is 11.5 Å². The molecule has 0 saturated heterocycles. The molecule has 0 spiro atoms. The molecule has 1 N–H and O–H groups in total. The molecule has 0 unspecified atom stereocenters. The Hall–Kier alpha value is -0.340. The fourth-order valence-electron chi connectivity index (χ4n) is 6.54. The monoisotopic (exact) mass is 377 g/mol. The second-order valence-electron chi connectivity index (χ2n) is 10.7. The van der Waals surface area contributed by atoms with Crippen molar-refractivity contribution in [1.82, 2.24) is 4.90 Å². The highest BCUT2D eigenvalue weighted by Crippen LogP contribution is 2.65. The second kappa shape index (κ2) is 9.44. The summed E-state index contributed by atoms with van der Waals surface area (Å²) >= 11 is 0. The molecule has 0 aromatic carbocycles. The lowest BCUT2D eigenvalue weighted by atomic mass is 9.53. The number of nitrogens with zero attached hydrogens (tertiary/aromatic N) is 1. The summed E-state index contributed by atoms with van der Waals surface area (Å²) in [5.74, 6) is 2.37. The number of unbranched alkanes of at least 4 members (excludes halogenated alkanes) is 1. The molecule has 2 saturated carbocycles. The first-order valence-electron chi connectivity index (χ1n) is 11.7. The van der Waals surface area contributed by atoms with Crippen molar-refractivity contribution in [2.45, 2.75) is 105 Å². The van der Waals surface area contributed by atoms with E-state index in [1.807, 2.05) is 6.08 Å². The highest BCUT2D eigenvalue weighted by molar-refractivity contribution is 5.12. The molecule has 0 aromatic rings. The van der Waals surface area contributed by atoms with E-state index in [-0.39, 0.29) is 11.5 Å². The Bertz CT molecular complexity index is 475. The Morgan fingerprint density at radius 1 is 1.07 bits per heavy atom. The number of hydrogen-bond donors (Lipinski definition) is 1. The van der Waals surface area contributed by atoms with E-state index < -0.39 is 0 Å². The second-order valence-corrected chi connectivity index (χ2v) is 10.7. The van der Waals surface area contributed by atoms with Gasteiger partial charge in [0.2, 0.25) is 0 Å². The lowest BCUT2D eigenvalue weighted by molar-refractivity contribution is -0.133. The van der Waals surface area contributed by atoms with Gasteiger partial charge in [-0.1, -0.05) is 60.0 Å². The number of hydrogen-bond acceptors (Lipinski definition) is 2. The highest BCUT2D eigenvalue weighted by atomic mass is 16.3. The maximum absolute atomic E-state index is 11.5. The molecule has 0 aromatic heterocycles. The lowest BCUT2D eigenvalue weighted by Crippen LogP contribution is -2.59. The number of likely N-dealkylation sites (N-methyl/N-ethyl adjacent to an activating group) is 1. The van der Waals surface area contributed by atoms with Gasteiger partial charge in [-0.05, 0) is 75.3 Å². The minimum Gasteiger partial charge on any atom is -0.391 e. The third-order valence-corrected chi connectivity index (χ3v) is 8.69. The number of rotatable bonds is 10. The summed E-state index contributed by atoms with van der Waals surface area (Å²) in [7, 11) is 2.21. The number of allylic oxidation sites excluding steroid dienone is 1. The molecular weight excluding hydrogens is 330 g/mol. The predicted octanol–water partition coefficient (Wildman–Crippen LogP) is 6.29. The summed E-state index contributed by atoms with van der Waals surface area (Å²) in [4.78, 5) is 2.43. The van der Waals surface area contributed by atoms with E-state index in [4.69, 9.17) is 0 Å². The summed E-state index contributed by atoms with van der Waals surface area (Å²) in [6, 6.07) is 0.322. The molecule has 0 aliphatic heterocycles. The normalized spacial score (nSPS) is 37.6. The molecule has 6 atom stereocenters. The van der Waals surface area contributed by atoms with Crippen LogP contribution < -0.4 is 0 Å². The maximum atomic E-state index is 11.5. The molecule has 2 fully saturated rings. The number of aliphatic hydroxyl groups excluding tert-OH is 1. The van der Waals surface area contributed by atoms with Gasteiger partial charge in [-0.15, -0.1) is 6.58 Å². The maximum Gasteiger partial charge on any atom is 0.0754 e. The van der Waals surface area contributed by atoms with Crippen molar-refractivity contribution in [2.24, 2.45) is 28.6 Å². The molecule has 0 amide bonds. The van der Waals surface area contributed by atoms with E-state index in [1.54, 1.807) is 0 Å². The Morgan fingerprint density at radius 2 is 1.74 bits per heavy atom. The molecule has 2 nitrogen and oxygen atoms in total. The standard InChI is InChI=1S/C25H47NO/c1-8-9-10-18-26(7)22-15-17-24(5)21(14-16-25(24,6)23(22)27)20(4)13-11-12-19(2)3/h8,19-23,27H,1,9-18H2,2-7H3/t20-,21-,22+,23+,24-,25+/m1/s1. The van der Waals surface area contributed by atoms with Gasteiger partial charge in [0, 0.05) is 11.5 Å². The fourth-order valence-corrected chi connectivity index (χ4v) is 6.54.